The highest BCUT2D eigenvalue weighted by Crippen LogP contribution is 2.40. The molecule has 2 amide bonds. The molecule has 3 N–H and O–H groups in total. The average Bonchev–Trinajstić information content (AvgIpc) is 3.25. The van der Waals surface area contributed by atoms with Crippen LogP contribution >= 0.6 is 23.1 Å². The Morgan fingerprint density at radius 1 is 1.06 bits per heavy atom. The number of carbonyl (C=O) groups is 2. The molecule has 2 heterocycles. The minimum atomic E-state index is -0.396. The smallest absolute Gasteiger partial charge is 0.265 e. The molecule has 1 aliphatic heterocycles. The van der Waals surface area contributed by atoms with Crippen molar-refractivity contribution in [2.75, 3.05) is 42.3 Å². The Morgan fingerprint density at radius 2 is 1.77 bits per heavy atom. The van der Waals surface area contributed by atoms with E-state index in [0.29, 0.717) is 23.8 Å². The Bertz CT molecular complexity index is 1060. The number of thiophene rings is 1. The van der Waals surface area contributed by atoms with Gasteiger partial charge in [-0.1, -0.05) is 42.5 Å². The fourth-order valence-corrected chi connectivity index (χ4v) is 5.22. The minimum Gasteiger partial charge on any atom is -0.378 e. The van der Waals surface area contributed by atoms with Crippen molar-refractivity contribution in [2.45, 2.75) is 4.90 Å². The van der Waals surface area contributed by atoms with Crippen LogP contribution in [0.1, 0.15) is 9.67 Å². The number of para-hydroxylation sites is 1. The number of benzene rings is 2. The van der Waals surface area contributed by atoms with Crippen LogP contribution in [0, 0.1) is 0 Å². The highest BCUT2D eigenvalue weighted by Gasteiger charge is 2.22. The Morgan fingerprint density at radius 3 is 2.52 bits per heavy atom. The van der Waals surface area contributed by atoms with Gasteiger partial charge in [-0.2, -0.15) is 0 Å². The molecule has 0 radical (unpaired) electrons. The van der Waals surface area contributed by atoms with E-state index in [0.717, 1.165) is 34.1 Å². The monoisotopic (exact) mass is 453 g/mol. The van der Waals surface area contributed by atoms with Crippen molar-refractivity contribution in [3.8, 4) is 11.1 Å². The standard InChI is InChI=1S/C23H23N3O3S2/c24-21(27)15-30-19-9-5-4-8-18(19)25-22(28)20-14-17(16-6-2-1-3-7-16)23(31-20)26-10-12-29-13-11-26/h1-9,14H,10-13,15H2,(H2,24,27)(H,25,28). The van der Waals surface area contributed by atoms with Gasteiger partial charge in [0.25, 0.3) is 5.91 Å². The summed E-state index contributed by atoms with van der Waals surface area (Å²) in [7, 11) is 0. The van der Waals surface area contributed by atoms with Gasteiger partial charge in [-0.05, 0) is 23.8 Å². The molecule has 6 nitrogen and oxygen atoms in total. The first-order valence-electron chi connectivity index (χ1n) is 9.95. The first-order valence-corrected chi connectivity index (χ1v) is 11.8. The zero-order chi connectivity index (χ0) is 21.6. The molecular formula is C23H23N3O3S2. The number of primary amides is 1. The first kappa shape index (κ1) is 21.4. The molecule has 160 valence electrons. The van der Waals surface area contributed by atoms with Gasteiger partial charge in [0, 0.05) is 23.5 Å². The van der Waals surface area contributed by atoms with Crippen LogP contribution in [-0.2, 0) is 9.53 Å². The van der Waals surface area contributed by atoms with Gasteiger partial charge in [-0.15, -0.1) is 23.1 Å². The van der Waals surface area contributed by atoms with Crippen LogP contribution in [0.2, 0.25) is 0 Å². The largest absolute Gasteiger partial charge is 0.378 e. The van der Waals surface area contributed by atoms with Gasteiger partial charge >= 0.3 is 0 Å². The number of ether oxygens (including phenoxy) is 1. The number of nitrogens with two attached hydrogens (primary N) is 1. The number of amides is 2. The van der Waals surface area contributed by atoms with Crippen LogP contribution in [0.5, 0.6) is 0 Å². The van der Waals surface area contributed by atoms with E-state index in [2.05, 4.69) is 22.3 Å². The van der Waals surface area contributed by atoms with Crippen LogP contribution < -0.4 is 16.0 Å². The highest BCUT2D eigenvalue weighted by atomic mass is 32.2. The maximum absolute atomic E-state index is 13.1. The molecule has 0 aliphatic carbocycles. The van der Waals surface area contributed by atoms with Gasteiger partial charge in [0.15, 0.2) is 0 Å². The van der Waals surface area contributed by atoms with Crippen LogP contribution in [0.15, 0.2) is 65.6 Å². The molecule has 0 saturated carbocycles. The Hall–Kier alpha value is -2.81. The van der Waals surface area contributed by atoms with Crippen LogP contribution in [0.25, 0.3) is 11.1 Å². The fraction of sp³-hybridized carbons (Fsp3) is 0.217. The third kappa shape index (κ3) is 5.28. The van der Waals surface area contributed by atoms with E-state index in [1.807, 2.05) is 48.5 Å². The molecule has 0 atom stereocenters. The fourth-order valence-electron chi connectivity index (χ4n) is 3.35. The van der Waals surface area contributed by atoms with E-state index in [1.165, 1.54) is 23.1 Å². The van der Waals surface area contributed by atoms with E-state index < -0.39 is 5.91 Å². The molecule has 3 aromatic rings. The molecule has 8 heteroatoms. The summed E-state index contributed by atoms with van der Waals surface area (Å²) in [6.45, 7) is 2.96. The molecule has 1 saturated heterocycles. The van der Waals surface area contributed by atoms with Crippen molar-refractivity contribution >= 4 is 45.6 Å². The summed E-state index contributed by atoms with van der Waals surface area (Å²) in [6, 6.07) is 19.5. The summed E-state index contributed by atoms with van der Waals surface area (Å²) in [5.74, 6) is -0.411. The zero-order valence-corrected chi connectivity index (χ0v) is 18.5. The van der Waals surface area contributed by atoms with Gasteiger partial charge in [0.2, 0.25) is 5.91 Å². The molecule has 0 bridgehead atoms. The van der Waals surface area contributed by atoms with Gasteiger partial charge in [-0.25, -0.2) is 0 Å². The maximum Gasteiger partial charge on any atom is 0.265 e. The number of carbonyl (C=O) groups excluding carboxylic acids is 2. The lowest BCUT2D eigenvalue weighted by Gasteiger charge is -2.28. The lowest BCUT2D eigenvalue weighted by atomic mass is 10.1. The second-order valence-corrected chi connectivity index (χ2v) is 9.05. The van der Waals surface area contributed by atoms with Crippen LogP contribution in [0.4, 0.5) is 10.7 Å². The SMILES string of the molecule is NC(=O)CSc1ccccc1NC(=O)c1cc(-c2ccccc2)c(N2CCOCC2)s1. The van der Waals surface area contributed by atoms with Crippen molar-refractivity contribution in [1.82, 2.24) is 0 Å². The number of morpholine rings is 1. The van der Waals surface area contributed by atoms with E-state index in [-0.39, 0.29) is 11.7 Å². The number of hydrogen-bond acceptors (Lipinski definition) is 6. The molecule has 1 aromatic heterocycles. The van der Waals surface area contributed by atoms with Gasteiger partial charge < -0.3 is 20.7 Å². The van der Waals surface area contributed by atoms with Crippen molar-refractivity contribution in [3.05, 3.63) is 65.5 Å². The second-order valence-electron chi connectivity index (χ2n) is 7.00. The van der Waals surface area contributed by atoms with E-state index in [9.17, 15) is 9.59 Å². The number of anilines is 2. The van der Waals surface area contributed by atoms with Gasteiger partial charge in [0.1, 0.15) is 0 Å². The van der Waals surface area contributed by atoms with Crippen LogP contribution in [-0.4, -0.2) is 43.9 Å². The predicted octanol–water partition coefficient (Wildman–Crippen LogP) is 4.08. The van der Waals surface area contributed by atoms with Gasteiger partial charge in [0.05, 0.1) is 34.5 Å². The molecular weight excluding hydrogens is 430 g/mol. The molecule has 2 aromatic carbocycles. The topological polar surface area (TPSA) is 84.7 Å². The third-order valence-electron chi connectivity index (χ3n) is 4.82. The van der Waals surface area contributed by atoms with E-state index in [1.54, 1.807) is 0 Å². The van der Waals surface area contributed by atoms with Crippen molar-refractivity contribution < 1.29 is 14.3 Å². The zero-order valence-electron chi connectivity index (χ0n) is 16.9. The minimum absolute atomic E-state index is 0.158. The molecule has 1 fully saturated rings. The predicted molar refractivity (Wildman–Crippen MR) is 127 cm³/mol. The third-order valence-corrected chi connectivity index (χ3v) is 7.12. The van der Waals surface area contributed by atoms with Gasteiger partial charge in [-0.3, -0.25) is 9.59 Å². The maximum atomic E-state index is 13.1. The molecule has 0 unspecified atom stereocenters. The molecule has 1 aliphatic rings. The average molecular weight is 454 g/mol. The summed E-state index contributed by atoms with van der Waals surface area (Å²) < 4.78 is 5.50. The summed E-state index contributed by atoms with van der Waals surface area (Å²) in [5, 5.41) is 4.08. The summed E-state index contributed by atoms with van der Waals surface area (Å²) in [5.41, 5.74) is 8.07. The Balaban J connectivity index is 1.62. The summed E-state index contributed by atoms with van der Waals surface area (Å²) >= 11 is 2.80. The summed E-state index contributed by atoms with van der Waals surface area (Å²) in [4.78, 5) is 28.0. The number of hydrogen-bond donors (Lipinski definition) is 2. The number of thioether (sulfide) groups is 1. The normalized spacial score (nSPS) is 13.7. The highest BCUT2D eigenvalue weighted by molar-refractivity contribution is 8.00. The Labute approximate surface area is 189 Å². The molecule has 4 rings (SSSR count). The quantitative estimate of drug-likeness (QED) is 0.527. The van der Waals surface area contributed by atoms with E-state index >= 15 is 0 Å². The summed E-state index contributed by atoms with van der Waals surface area (Å²) in [6.07, 6.45) is 0. The molecule has 0 spiro atoms. The second kappa shape index (κ2) is 10.00. The van der Waals surface area contributed by atoms with Crippen molar-refractivity contribution in [1.29, 1.82) is 0 Å². The number of nitrogens with one attached hydrogen (secondary N) is 1. The molecule has 31 heavy (non-hydrogen) atoms. The number of rotatable bonds is 7. The lowest BCUT2D eigenvalue weighted by molar-refractivity contribution is -0.115. The van der Waals surface area contributed by atoms with Crippen molar-refractivity contribution in [2.24, 2.45) is 5.73 Å². The van der Waals surface area contributed by atoms with E-state index in [4.69, 9.17) is 10.5 Å². The number of nitrogens with zero attached hydrogens (tertiary/aromatic N) is 1. The Kier molecular flexibility index (Phi) is 6.91. The lowest BCUT2D eigenvalue weighted by Crippen LogP contribution is -2.35. The van der Waals surface area contributed by atoms with Crippen LogP contribution in [0.3, 0.4) is 0 Å². The van der Waals surface area contributed by atoms with Crippen molar-refractivity contribution in [3.63, 3.8) is 0 Å². The first-order chi connectivity index (χ1) is 15.1.